The van der Waals surface area contributed by atoms with Gasteiger partial charge >= 0.3 is 0 Å². The van der Waals surface area contributed by atoms with E-state index in [0.717, 1.165) is 25.9 Å². The van der Waals surface area contributed by atoms with Gasteiger partial charge in [-0.25, -0.2) is 9.37 Å². The highest BCUT2D eigenvalue weighted by Crippen LogP contribution is 2.18. The van der Waals surface area contributed by atoms with Gasteiger partial charge in [-0.05, 0) is 50.5 Å². The predicted molar refractivity (Wildman–Crippen MR) is 94.4 cm³/mol. The highest BCUT2D eigenvalue weighted by Gasteiger charge is 2.20. The quantitative estimate of drug-likeness (QED) is 0.924. The summed E-state index contributed by atoms with van der Waals surface area (Å²) in [7, 11) is 0. The van der Waals surface area contributed by atoms with Crippen LogP contribution in [-0.4, -0.2) is 28.5 Å². The Morgan fingerprint density at radius 3 is 2.64 bits per heavy atom. The van der Waals surface area contributed by atoms with Crippen LogP contribution in [0.15, 0.2) is 29.1 Å². The van der Waals surface area contributed by atoms with Crippen molar-refractivity contribution in [1.29, 1.82) is 0 Å². The molecule has 0 aliphatic carbocycles. The summed E-state index contributed by atoms with van der Waals surface area (Å²) in [6.45, 7) is 5.01. The standard InChI is InChI=1S/C18H21FN4O2/c1-12-9-14(19)5-6-15(12)21-16(24)11-23-17(25)10-13(2)20-18(23)22-7-3-4-8-22/h5-6,9-10H,3-4,7-8,11H2,1-2H3,(H,21,24). The Morgan fingerprint density at radius 1 is 1.24 bits per heavy atom. The van der Waals surface area contributed by atoms with E-state index in [1.807, 2.05) is 4.90 Å². The molecule has 1 fully saturated rings. The first-order valence-electron chi connectivity index (χ1n) is 8.33. The molecule has 1 aliphatic heterocycles. The number of carbonyl (C=O) groups is 1. The van der Waals surface area contributed by atoms with E-state index in [2.05, 4.69) is 10.3 Å². The lowest BCUT2D eigenvalue weighted by atomic mass is 10.2. The zero-order chi connectivity index (χ0) is 18.0. The van der Waals surface area contributed by atoms with Gasteiger partial charge in [0.05, 0.1) is 0 Å². The SMILES string of the molecule is Cc1cc(=O)n(CC(=O)Nc2ccc(F)cc2C)c(N2CCCC2)n1. The number of carbonyl (C=O) groups excluding carboxylic acids is 1. The van der Waals surface area contributed by atoms with Crippen LogP contribution in [0, 0.1) is 19.7 Å². The maximum atomic E-state index is 13.2. The van der Waals surface area contributed by atoms with Gasteiger partial charge in [-0.2, -0.15) is 0 Å². The summed E-state index contributed by atoms with van der Waals surface area (Å²) < 4.78 is 14.6. The van der Waals surface area contributed by atoms with Crippen LogP contribution < -0.4 is 15.8 Å². The Hall–Kier alpha value is -2.70. The summed E-state index contributed by atoms with van der Waals surface area (Å²) in [5.74, 6) is -0.165. The molecule has 1 saturated heterocycles. The minimum atomic E-state index is -0.356. The van der Waals surface area contributed by atoms with Gasteiger partial charge in [0.2, 0.25) is 11.9 Å². The molecule has 25 heavy (non-hydrogen) atoms. The largest absolute Gasteiger partial charge is 0.342 e. The lowest BCUT2D eigenvalue weighted by molar-refractivity contribution is -0.116. The van der Waals surface area contributed by atoms with Gasteiger partial charge < -0.3 is 10.2 Å². The summed E-state index contributed by atoms with van der Waals surface area (Å²) in [5.41, 5.74) is 1.54. The van der Waals surface area contributed by atoms with Crippen molar-refractivity contribution in [1.82, 2.24) is 9.55 Å². The third-order valence-corrected chi connectivity index (χ3v) is 4.27. The predicted octanol–water partition coefficient (Wildman–Crippen LogP) is 2.24. The molecule has 0 saturated carbocycles. The van der Waals surface area contributed by atoms with Crippen molar-refractivity contribution in [2.24, 2.45) is 0 Å². The summed E-state index contributed by atoms with van der Waals surface area (Å²) >= 11 is 0. The maximum absolute atomic E-state index is 13.2. The number of hydrogen-bond donors (Lipinski definition) is 1. The first-order chi connectivity index (χ1) is 11.9. The fourth-order valence-electron chi connectivity index (χ4n) is 3.01. The lowest BCUT2D eigenvalue weighted by Gasteiger charge is -2.21. The van der Waals surface area contributed by atoms with E-state index in [0.29, 0.717) is 22.9 Å². The van der Waals surface area contributed by atoms with Crippen LogP contribution in [0.25, 0.3) is 0 Å². The first kappa shape index (κ1) is 17.1. The highest BCUT2D eigenvalue weighted by molar-refractivity contribution is 5.91. The molecule has 3 rings (SSSR count). The van der Waals surface area contributed by atoms with E-state index < -0.39 is 0 Å². The Morgan fingerprint density at radius 2 is 1.96 bits per heavy atom. The van der Waals surface area contributed by atoms with Crippen molar-refractivity contribution >= 4 is 17.5 Å². The number of anilines is 2. The minimum Gasteiger partial charge on any atom is -0.342 e. The smallest absolute Gasteiger partial charge is 0.255 e. The molecule has 0 spiro atoms. The van der Waals surface area contributed by atoms with Crippen molar-refractivity contribution in [2.45, 2.75) is 33.2 Å². The number of halogens is 1. The van der Waals surface area contributed by atoms with Crippen LogP contribution >= 0.6 is 0 Å². The molecule has 2 aromatic rings. The molecular formula is C18H21FN4O2. The van der Waals surface area contributed by atoms with Crippen LogP contribution in [0.3, 0.4) is 0 Å². The average molecular weight is 344 g/mol. The number of nitrogens with one attached hydrogen (secondary N) is 1. The van der Waals surface area contributed by atoms with Crippen molar-refractivity contribution < 1.29 is 9.18 Å². The van der Waals surface area contributed by atoms with Gasteiger partial charge in [0, 0.05) is 30.5 Å². The topological polar surface area (TPSA) is 67.2 Å². The van der Waals surface area contributed by atoms with Crippen LogP contribution in [-0.2, 0) is 11.3 Å². The molecule has 132 valence electrons. The molecule has 0 atom stereocenters. The summed E-state index contributed by atoms with van der Waals surface area (Å²) in [6, 6.07) is 5.58. The van der Waals surface area contributed by atoms with Crippen LogP contribution in [0.2, 0.25) is 0 Å². The Balaban J connectivity index is 1.84. The highest BCUT2D eigenvalue weighted by atomic mass is 19.1. The number of hydrogen-bond acceptors (Lipinski definition) is 4. The zero-order valence-electron chi connectivity index (χ0n) is 14.4. The molecule has 1 amide bonds. The average Bonchev–Trinajstić information content (AvgIpc) is 3.07. The second-order valence-corrected chi connectivity index (χ2v) is 6.32. The van der Waals surface area contributed by atoms with Crippen LogP contribution in [0.1, 0.15) is 24.1 Å². The summed E-state index contributed by atoms with van der Waals surface area (Å²) in [5, 5.41) is 2.73. The van der Waals surface area contributed by atoms with Crippen molar-refractivity contribution in [3.05, 3.63) is 51.7 Å². The van der Waals surface area contributed by atoms with Gasteiger partial charge in [-0.15, -0.1) is 0 Å². The number of amides is 1. The molecule has 1 N–H and O–H groups in total. The number of aryl methyl sites for hydroxylation is 2. The van der Waals surface area contributed by atoms with E-state index >= 15 is 0 Å². The number of benzene rings is 1. The van der Waals surface area contributed by atoms with Gasteiger partial charge in [0.15, 0.2) is 0 Å². The Kier molecular flexibility index (Phi) is 4.83. The van der Waals surface area contributed by atoms with Crippen molar-refractivity contribution in [3.8, 4) is 0 Å². The van der Waals surface area contributed by atoms with Crippen molar-refractivity contribution in [3.63, 3.8) is 0 Å². The molecular weight excluding hydrogens is 323 g/mol. The molecule has 6 nitrogen and oxygen atoms in total. The van der Waals surface area contributed by atoms with Gasteiger partial charge in [-0.1, -0.05) is 0 Å². The second kappa shape index (κ2) is 7.04. The van der Waals surface area contributed by atoms with E-state index in [-0.39, 0.29) is 23.8 Å². The van der Waals surface area contributed by atoms with Crippen LogP contribution in [0.5, 0.6) is 0 Å². The molecule has 1 aromatic carbocycles. The first-order valence-corrected chi connectivity index (χ1v) is 8.33. The normalized spacial score (nSPS) is 14.0. The summed E-state index contributed by atoms with van der Waals surface area (Å²) in [4.78, 5) is 31.3. The molecule has 7 heteroatoms. The Labute approximate surface area is 145 Å². The van der Waals surface area contributed by atoms with Crippen LogP contribution in [0.4, 0.5) is 16.0 Å². The minimum absolute atomic E-state index is 0.130. The van der Waals surface area contributed by atoms with E-state index in [9.17, 15) is 14.0 Å². The fourth-order valence-corrected chi connectivity index (χ4v) is 3.01. The number of nitrogens with zero attached hydrogens (tertiary/aromatic N) is 3. The number of aromatic nitrogens is 2. The second-order valence-electron chi connectivity index (χ2n) is 6.32. The molecule has 2 heterocycles. The zero-order valence-corrected chi connectivity index (χ0v) is 14.4. The van der Waals surface area contributed by atoms with E-state index in [4.69, 9.17) is 0 Å². The molecule has 0 unspecified atom stereocenters. The third kappa shape index (κ3) is 3.87. The maximum Gasteiger partial charge on any atom is 0.255 e. The molecule has 0 radical (unpaired) electrons. The van der Waals surface area contributed by atoms with Crippen molar-refractivity contribution in [2.75, 3.05) is 23.3 Å². The number of rotatable bonds is 4. The van der Waals surface area contributed by atoms with E-state index in [1.54, 1.807) is 13.8 Å². The Bertz CT molecular complexity index is 857. The fraction of sp³-hybridized carbons (Fsp3) is 0.389. The summed E-state index contributed by atoms with van der Waals surface area (Å²) in [6.07, 6.45) is 2.09. The molecule has 1 aromatic heterocycles. The van der Waals surface area contributed by atoms with Gasteiger partial charge in [0.1, 0.15) is 12.4 Å². The van der Waals surface area contributed by atoms with Gasteiger partial charge in [0.25, 0.3) is 5.56 Å². The lowest BCUT2D eigenvalue weighted by Crippen LogP contribution is -2.34. The van der Waals surface area contributed by atoms with E-state index in [1.165, 1.54) is 28.8 Å². The monoisotopic (exact) mass is 344 g/mol. The molecule has 0 bridgehead atoms. The molecule has 1 aliphatic rings. The van der Waals surface area contributed by atoms with Gasteiger partial charge in [-0.3, -0.25) is 14.2 Å². The third-order valence-electron chi connectivity index (χ3n) is 4.27.